The van der Waals surface area contributed by atoms with E-state index in [0.29, 0.717) is 27.8 Å². The molecule has 0 aliphatic heterocycles. The van der Waals surface area contributed by atoms with Crippen molar-refractivity contribution >= 4 is 40.0 Å². The average Bonchev–Trinajstić information content (AvgIpc) is 2.52. The van der Waals surface area contributed by atoms with Gasteiger partial charge in [0.1, 0.15) is 11.9 Å². The molecule has 0 fully saturated rings. The number of hydrogen-bond acceptors (Lipinski definition) is 4. The summed E-state index contributed by atoms with van der Waals surface area (Å²) >= 11 is 5.96. The maximum absolute atomic E-state index is 9.40. The van der Waals surface area contributed by atoms with Gasteiger partial charge in [-0.05, 0) is 35.9 Å². The molecule has 0 aliphatic rings. The highest BCUT2D eigenvalue weighted by Gasteiger charge is 2.09. The smallest absolute Gasteiger partial charge is 0.172 e. The Hall–Kier alpha value is -2.90. The first-order valence-electron chi connectivity index (χ1n) is 6.57. The lowest BCUT2D eigenvalue weighted by Gasteiger charge is -2.04. The van der Waals surface area contributed by atoms with Gasteiger partial charge in [0.15, 0.2) is 5.82 Å². The van der Waals surface area contributed by atoms with E-state index in [1.807, 2.05) is 36.4 Å². The molecule has 4 nitrogen and oxygen atoms in total. The molecule has 0 unspecified atom stereocenters. The van der Waals surface area contributed by atoms with E-state index in [2.05, 4.69) is 16.0 Å². The number of nitrogens with zero attached hydrogens (tertiary/aromatic N) is 3. The first-order valence-corrected chi connectivity index (χ1v) is 6.95. The Balaban J connectivity index is 2.14. The summed E-state index contributed by atoms with van der Waals surface area (Å²) in [7, 11) is 0. The van der Waals surface area contributed by atoms with Gasteiger partial charge in [0.05, 0.1) is 11.1 Å². The van der Waals surface area contributed by atoms with Crippen LogP contribution in [0.3, 0.4) is 0 Å². The summed E-state index contributed by atoms with van der Waals surface area (Å²) in [6.45, 7) is 0. The SMILES string of the molecule is N#C/C(=C\c1cccc(Cl)c1)c1nc(N)c2ccccc2n1. The van der Waals surface area contributed by atoms with Crippen LogP contribution in [0.1, 0.15) is 11.4 Å². The molecule has 22 heavy (non-hydrogen) atoms. The Kier molecular flexibility index (Phi) is 3.73. The Bertz CT molecular complexity index is 925. The number of hydrogen-bond donors (Lipinski definition) is 1. The van der Waals surface area contributed by atoms with Crippen LogP contribution in [0.2, 0.25) is 5.02 Å². The molecule has 106 valence electrons. The van der Waals surface area contributed by atoms with E-state index in [1.165, 1.54) is 0 Å². The lowest BCUT2D eigenvalue weighted by molar-refractivity contribution is 1.18. The van der Waals surface area contributed by atoms with Gasteiger partial charge in [0, 0.05) is 10.4 Å². The zero-order valence-electron chi connectivity index (χ0n) is 11.5. The van der Waals surface area contributed by atoms with E-state index in [0.717, 1.165) is 10.9 Å². The summed E-state index contributed by atoms with van der Waals surface area (Å²) in [5.74, 6) is 0.659. The summed E-state index contributed by atoms with van der Waals surface area (Å²) in [6.07, 6.45) is 1.69. The molecular weight excluding hydrogens is 296 g/mol. The van der Waals surface area contributed by atoms with Crippen LogP contribution in [0.4, 0.5) is 5.82 Å². The van der Waals surface area contributed by atoms with Gasteiger partial charge >= 0.3 is 0 Å². The van der Waals surface area contributed by atoms with Crippen molar-refractivity contribution < 1.29 is 0 Å². The summed E-state index contributed by atoms with van der Waals surface area (Å²) in [5.41, 5.74) is 7.80. The molecule has 0 spiro atoms. The minimum Gasteiger partial charge on any atom is -0.383 e. The Labute approximate surface area is 132 Å². The summed E-state index contributed by atoms with van der Waals surface area (Å²) < 4.78 is 0. The minimum absolute atomic E-state index is 0.304. The number of halogens is 1. The molecule has 3 rings (SSSR count). The molecule has 5 heteroatoms. The third-order valence-corrected chi connectivity index (χ3v) is 3.39. The number of rotatable bonds is 2. The molecule has 2 N–H and O–H groups in total. The number of benzene rings is 2. The number of aromatic nitrogens is 2. The number of anilines is 1. The van der Waals surface area contributed by atoms with E-state index < -0.39 is 0 Å². The van der Waals surface area contributed by atoms with Crippen molar-refractivity contribution in [3.63, 3.8) is 0 Å². The van der Waals surface area contributed by atoms with Crippen LogP contribution in [0, 0.1) is 11.3 Å². The second-order valence-corrected chi connectivity index (χ2v) is 5.11. The molecule has 0 radical (unpaired) electrons. The van der Waals surface area contributed by atoms with Gasteiger partial charge < -0.3 is 5.73 Å². The molecule has 0 saturated heterocycles. The van der Waals surface area contributed by atoms with Crippen molar-refractivity contribution in [2.45, 2.75) is 0 Å². The van der Waals surface area contributed by atoms with Gasteiger partial charge in [0.25, 0.3) is 0 Å². The summed E-state index contributed by atoms with van der Waals surface area (Å²) in [6, 6.07) is 16.8. The van der Waals surface area contributed by atoms with Crippen LogP contribution in [0.5, 0.6) is 0 Å². The molecule has 1 heterocycles. The van der Waals surface area contributed by atoms with E-state index >= 15 is 0 Å². The van der Waals surface area contributed by atoms with Crippen LogP contribution < -0.4 is 5.73 Å². The van der Waals surface area contributed by atoms with Crippen molar-refractivity contribution in [2.75, 3.05) is 5.73 Å². The van der Waals surface area contributed by atoms with E-state index in [9.17, 15) is 5.26 Å². The molecule has 1 aromatic heterocycles. The molecule has 0 amide bonds. The predicted molar refractivity (Wildman–Crippen MR) is 88.9 cm³/mol. The Morgan fingerprint density at radius 1 is 1.14 bits per heavy atom. The molecule has 2 aromatic carbocycles. The fraction of sp³-hybridized carbons (Fsp3) is 0. The second kappa shape index (κ2) is 5.84. The normalized spacial score (nSPS) is 11.4. The van der Waals surface area contributed by atoms with Crippen LogP contribution in [0.25, 0.3) is 22.6 Å². The van der Waals surface area contributed by atoms with E-state index in [1.54, 1.807) is 18.2 Å². The number of para-hydroxylation sites is 1. The number of nitrogens with two attached hydrogens (primary N) is 1. The third-order valence-electron chi connectivity index (χ3n) is 3.15. The fourth-order valence-corrected chi connectivity index (χ4v) is 2.33. The predicted octanol–water partition coefficient (Wildman–Crippen LogP) is 3.93. The second-order valence-electron chi connectivity index (χ2n) is 4.67. The van der Waals surface area contributed by atoms with Crippen molar-refractivity contribution in [3.8, 4) is 6.07 Å². The van der Waals surface area contributed by atoms with Gasteiger partial charge in [-0.25, -0.2) is 9.97 Å². The highest BCUT2D eigenvalue weighted by atomic mass is 35.5. The van der Waals surface area contributed by atoms with Crippen LogP contribution in [0.15, 0.2) is 48.5 Å². The average molecular weight is 307 g/mol. The summed E-state index contributed by atoms with van der Waals surface area (Å²) in [4.78, 5) is 8.64. The lowest BCUT2D eigenvalue weighted by atomic mass is 10.1. The van der Waals surface area contributed by atoms with Gasteiger partial charge in [-0.3, -0.25) is 0 Å². The number of nitriles is 1. The Morgan fingerprint density at radius 2 is 1.95 bits per heavy atom. The van der Waals surface area contributed by atoms with Crippen LogP contribution in [-0.2, 0) is 0 Å². The maximum Gasteiger partial charge on any atom is 0.172 e. The van der Waals surface area contributed by atoms with Crippen molar-refractivity contribution in [2.24, 2.45) is 0 Å². The monoisotopic (exact) mass is 306 g/mol. The van der Waals surface area contributed by atoms with Crippen LogP contribution >= 0.6 is 11.6 Å². The number of allylic oxidation sites excluding steroid dienone is 1. The van der Waals surface area contributed by atoms with E-state index in [-0.39, 0.29) is 0 Å². The van der Waals surface area contributed by atoms with Crippen molar-refractivity contribution in [3.05, 3.63) is 64.9 Å². The van der Waals surface area contributed by atoms with Gasteiger partial charge in [-0.1, -0.05) is 35.9 Å². The number of fused-ring (bicyclic) bond motifs is 1. The molecular formula is C17H11ClN4. The van der Waals surface area contributed by atoms with Gasteiger partial charge in [-0.15, -0.1) is 0 Å². The first kappa shape index (κ1) is 14.1. The van der Waals surface area contributed by atoms with Crippen molar-refractivity contribution in [1.82, 2.24) is 9.97 Å². The molecule has 0 bridgehead atoms. The molecule has 0 atom stereocenters. The molecule has 3 aromatic rings. The lowest BCUT2D eigenvalue weighted by Crippen LogP contribution is -2.00. The maximum atomic E-state index is 9.40. The zero-order valence-corrected chi connectivity index (χ0v) is 12.2. The highest BCUT2D eigenvalue weighted by Crippen LogP contribution is 2.22. The quantitative estimate of drug-likeness (QED) is 0.728. The van der Waals surface area contributed by atoms with E-state index in [4.69, 9.17) is 17.3 Å². The third kappa shape index (κ3) is 2.76. The largest absolute Gasteiger partial charge is 0.383 e. The van der Waals surface area contributed by atoms with Gasteiger partial charge in [0.2, 0.25) is 0 Å². The Morgan fingerprint density at radius 3 is 2.73 bits per heavy atom. The zero-order chi connectivity index (χ0) is 15.5. The number of nitrogen functional groups attached to an aromatic ring is 1. The molecule has 0 saturated carbocycles. The first-order chi connectivity index (χ1) is 10.7. The standard InChI is InChI=1S/C17H11ClN4/c18-13-5-3-4-11(9-13)8-12(10-19)17-21-15-7-2-1-6-14(15)16(20)22-17/h1-9H,(H2,20,21,22)/b12-8+. The molecule has 0 aliphatic carbocycles. The topological polar surface area (TPSA) is 75.6 Å². The van der Waals surface area contributed by atoms with Gasteiger partial charge in [-0.2, -0.15) is 5.26 Å². The fourth-order valence-electron chi connectivity index (χ4n) is 2.13. The van der Waals surface area contributed by atoms with Crippen LogP contribution in [-0.4, -0.2) is 9.97 Å². The van der Waals surface area contributed by atoms with Crippen molar-refractivity contribution in [1.29, 1.82) is 5.26 Å². The minimum atomic E-state index is 0.304. The summed E-state index contributed by atoms with van der Waals surface area (Å²) in [5, 5.41) is 10.8. The highest BCUT2D eigenvalue weighted by molar-refractivity contribution is 6.30.